The zero-order chi connectivity index (χ0) is 23.6. The predicted octanol–water partition coefficient (Wildman–Crippen LogP) is 2.34. The number of benzene rings is 2. The molecule has 1 saturated heterocycles. The van der Waals surface area contributed by atoms with Crippen LogP contribution in [0.1, 0.15) is 12.0 Å². The van der Waals surface area contributed by atoms with Crippen LogP contribution in [0.15, 0.2) is 47.4 Å². The lowest BCUT2D eigenvalue weighted by Gasteiger charge is -2.24. The van der Waals surface area contributed by atoms with Gasteiger partial charge in [0.2, 0.25) is 0 Å². The van der Waals surface area contributed by atoms with E-state index in [1.54, 1.807) is 19.1 Å². The molecule has 170 valence electrons. The van der Waals surface area contributed by atoms with Gasteiger partial charge in [0.25, 0.3) is 21.5 Å². The van der Waals surface area contributed by atoms with Gasteiger partial charge in [0.1, 0.15) is 11.7 Å². The summed E-state index contributed by atoms with van der Waals surface area (Å²) < 4.78 is 35.4. The van der Waals surface area contributed by atoms with Gasteiger partial charge >= 0.3 is 5.97 Å². The molecule has 0 amide bonds. The average Bonchev–Trinajstić information content (AvgIpc) is 3.15. The summed E-state index contributed by atoms with van der Waals surface area (Å²) in [6.07, 6.45) is -1.13. The van der Waals surface area contributed by atoms with E-state index in [-0.39, 0.29) is 23.5 Å². The first kappa shape index (κ1) is 23.1. The molecule has 0 spiro atoms. The molecule has 32 heavy (non-hydrogen) atoms. The van der Waals surface area contributed by atoms with E-state index >= 15 is 0 Å². The van der Waals surface area contributed by atoms with Crippen LogP contribution in [0.2, 0.25) is 0 Å². The van der Waals surface area contributed by atoms with E-state index in [2.05, 4.69) is 0 Å². The first-order valence-electron chi connectivity index (χ1n) is 9.30. The smallest absolute Gasteiger partial charge is 0.328 e. The molecule has 2 aromatic rings. The summed E-state index contributed by atoms with van der Waals surface area (Å²) in [6.45, 7) is 1.60. The number of aryl methyl sites for hydroxylation is 1. The number of hydrogen-bond acceptors (Lipinski definition) is 10. The zero-order valence-electron chi connectivity index (χ0n) is 17.0. The number of carbonyl (C=O) groups excluding carboxylic acids is 1. The molecular formula is C19H19N3O9S. The molecule has 0 aliphatic carbocycles. The van der Waals surface area contributed by atoms with Gasteiger partial charge in [-0.15, -0.1) is 0 Å². The van der Waals surface area contributed by atoms with Gasteiger partial charge in [-0.3, -0.25) is 24.4 Å². The van der Waals surface area contributed by atoms with Crippen LogP contribution in [0.3, 0.4) is 0 Å². The topological polar surface area (TPSA) is 159 Å². The van der Waals surface area contributed by atoms with Gasteiger partial charge in [0, 0.05) is 19.0 Å². The van der Waals surface area contributed by atoms with Crippen molar-refractivity contribution in [2.75, 3.05) is 18.6 Å². The van der Waals surface area contributed by atoms with Gasteiger partial charge in [-0.05, 0) is 25.1 Å². The summed E-state index contributed by atoms with van der Waals surface area (Å²) in [5.74, 6) is -0.753. The van der Waals surface area contributed by atoms with Crippen molar-refractivity contribution in [3.63, 3.8) is 0 Å². The maximum Gasteiger partial charge on any atom is 0.328 e. The Hall–Kier alpha value is -3.58. The lowest BCUT2D eigenvalue weighted by Crippen LogP contribution is -2.37. The second-order valence-electron chi connectivity index (χ2n) is 7.10. The van der Waals surface area contributed by atoms with Crippen LogP contribution in [0.25, 0.3) is 0 Å². The van der Waals surface area contributed by atoms with E-state index in [0.717, 1.165) is 30.9 Å². The molecule has 2 aromatic carbocycles. The lowest BCUT2D eigenvalue weighted by molar-refractivity contribution is -0.393. The summed E-state index contributed by atoms with van der Waals surface area (Å²) in [5.41, 5.74) is -0.332. The minimum absolute atomic E-state index is 0.0718. The van der Waals surface area contributed by atoms with Gasteiger partial charge in [-0.2, -0.15) is 8.42 Å². The fourth-order valence-corrected chi connectivity index (χ4v) is 4.53. The van der Waals surface area contributed by atoms with E-state index < -0.39 is 49.5 Å². The monoisotopic (exact) mass is 465 g/mol. The zero-order valence-corrected chi connectivity index (χ0v) is 17.9. The molecule has 0 radical (unpaired) electrons. The maximum absolute atomic E-state index is 12.6. The van der Waals surface area contributed by atoms with Crippen LogP contribution in [-0.2, 0) is 23.8 Å². The van der Waals surface area contributed by atoms with Crippen molar-refractivity contribution in [2.45, 2.75) is 30.4 Å². The third-order valence-corrected chi connectivity index (χ3v) is 6.36. The largest absolute Gasteiger partial charge is 0.467 e. The summed E-state index contributed by atoms with van der Waals surface area (Å²) >= 11 is 0. The van der Waals surface area contributed by atoms with E-state index in [0.29, 0.717) is 0 Å². The minimum atomic E-state index is -4.17. The van der Waals surface area contributed by atoms with Gasteiger partial charge in [0.05, 0.1) is 34.0 Å². The van der Waals surface area contributed by atoms with E-state index in [9.17, 15) is 33.4 Å². The number of nitrogens with zero attached hydrogens (tertiary/aromatic N) is 3. The number of carbonyl (C=O) groups is 1. The standard InChI is InChI=1S/C19H19N3O9S/c1-12-3-6-15(7-4-12)32(28,29)31-14-10-18(19(23)30-2)20(11-14)16-8-5-13(21(24)25)9-17(16)22(26)27/h3-9,14,18H,10-11H2,1-2H3. The van der Waals surface area contributed by atoms with Crippen molar-refractivity contribution >= 4 is 33.1 Å². The summed E-state index contributed by atoms with van der Waals surface area (Å²) in [5, 5.41) is 22.5. The summed E-state index contributed by atoms with van der Waals surface area (Å²) in [4.78, 5) is 34.5. The highest BCUT2D eigenvalue weighted by Gasteiger charge is 2.43. The van der Waals surface area contributed by atoms with Crippen LogP contribution in [0, 0.1) is 27.2 Å². The molecule has 3 rings (SSSR count). The van der Waals surface area contributed by atoms with Crippen molar-refractivity contribution in [3.05, 3.63) is 68.3 Å². The molecule has 1 fully saturated rings. The normalized spacial score (nSPS) is 18.4. The van der Waals surface area contributed by atoms with Crippen molar-refractivity contribution in [3.8, 4) is 0 Å². The second-order valence-corrected chi connectivity index (χ2v) is 8.67. The minimum Gasteiger partial charge on any atom is -0.467 e. The Bertz CT molecular complexity index is 1170. The number of rotatable bonds is 7. The number of nitro groups is 2. The quantitative estimate of drug-likeness (QED) is 0.257. The Labute approximate surface area is 182 Å². The number of non-ortho nitro benzene ring substituents is 1. The molecule has 13 heteroatoms. The molecule has 2 unspecified atom stereocenters. The third-order valence-electron chi connectivity index (χ3n) is 4.98. The number of nitro benzene ring substituents is 2. The highest BCUT2D eigenvalue weighted by atomic mass is 32.2. The van der Waals surface area contributed by atoms with E-state index in [4.69, 9.17) is 8.92 Å². The van der Waals surface area contributed by atoms with E-state index in [1.165, 1.54) is 17.0 Å². The molecule has 2 atom stereocenters. The highest BCUT2D eigenvalue weighted by Crippen LogP contribution is 2.37. The van der Waals surface area contributed by atoms with Crippen molar-refractivity contribution < 1.29 is 32.0 Å². The highest BCUT2D eigenvalue weighted by molar-refractivity contribution is 7.86. The Kier molecular flexibility index (Phi) is 6.41. The number of anilines is 1. The van der Waals surface area contributed by atoms with Crippen LogP contribution < -0.4 is 4.90 Å². The van der Waals surface area contributed by atoms with Gasteiger partial charge in [-0.25, -0.2) is 4.79 Å². The van der Waals surface area contributed by atoms with Crippen LogP contribution in [-0.4, -0.2) is 50.0 Å². The third kappa shape index (κ3) is 4.68. The fraction of sp³-hybridized carbons (Fsp3) is 0.316. The van der Waals surface area contributed by atoms with Crippen molar-refractivity contribution in [1.29, 1.82) is 0 Å². The van der Waals surface area contributed by atoms with Gasteiger partial charge in [-0.1, -0.05) is 17.7 Å². The Balaban J connectivity index is 1.94. The van der Waals surface area contributed by atoms with Crippen LogP contribution in [0.5, 0.6) is 0 Å². The molecule has 12 nitrogen and oxygen atoms in total. The maximum atomic E-state index is 12.6. The Morgan fingerprint density at radius 3 is 2.31 bits per heavy atom. The molecule has 0 aromatic heterocycles. The van der Waals surface area contributed by atoms with Crippen LogP contribution in [0.4, 0.5) is 17.1 Å². The molecule has 0 bridgehead atoms. The number of methoxy groups -OCH3 is 1. The summed E-state index contributed by atoms with van der Waals surface area (Å²) in [7, 11) is -3.04. The molecule has 0 saturated carbocycles. The number of ether oxygens (including phenoxy) is 1. The lowest BCUT2D eigenvalue weighted by atomic mass is 10.1. The predicted molar refractivity (Wildman–Crippen MR) is 111 cm³/mol. The molecule has 1 aliphatic rings. The molecule has 1 aliphatic heterocycles. The molecule has 1 heterocycles. The van der Waals surface area contributed by atoms with Crippen molar-refractivity contribution in [2.24, 2.45) is 0 Å². The Morgan fingerprint density at radius 2 is 1.75 bits per heavy atom. The Morgan fingerprint density at radius 1 is 1.09 bits per heavy atom. The first-order chi connectivity index (χ1) is 15.0. The van der Waals surface area contributed by atoms with Gasteiger partial charge in [0.15, 0.2) is 0 Å². The number of hydrogen-bond donors (Lipinski definition) is 0. The van der Waals surface area contributed by atoms with Crippen LogP contribution >= 0.6 is 0 Å². The number of esters is 1. The van der Waals surface area contributed by atoms with E-state index in [1.807, 2.05) is 0 Å². The average molecular weight is 465 g/mol. The van der Waals surface area contributed by atoms with Crippen molar-refractivity contribution in [1.82, 2.24) is 0 Å². The SMILES string of the molecule is COC(=O)C1CC(OS(=O)(=O)c2ccc(C)cc2)CN1c1ccc([N+](=O)[O-])cc1[N+](=O)[O-]. The molecular weight excluding hydrogens is 446 g/mol. The summed E-state index contributed by atoms with van der Waals surface area (Å²) in [6, 6.07) is 7.88. The van der Waals surface area contributed by atoms with Gasteiger partial charge < -0.3 is 9.64 Å². The molecule has 0 N–H and O–H groups in total. The fourth-order valence-electron chi connectivity index (χ4n) is 3.45. The first-order valence-corrected chi connectivity index (χ1v) is 10.7. The second kappa shape index (κ2) is 8.88.